The average Bonchev–Trinajstić information content (AvgIpc) is 3.09. The molecule has 9 nitrogen and oxygen atoms in total. The Balaban J connectivity index is 2.13. The topological polar surface area (TPSA) is 108 Å². The molecule has 0 aliphatic carbocycles. The molecule has 1 amide bonds. The number of aromatic nitrogens is 4. The number of carbonyl (C=O) groups excluding carboxylic acids is 1. The number of hydrogen-bond donors (Lipinski definition) is 1. The number of hydrogen-bond acceptors (Lipinski definition) is 5. The molecule has 2 rings (SSSR count). The van der Waals surface area contributed by atoms with Crippen LogP contribution in [0.5, 0.6) is 0 Å². The van der Waals surface area contributed by atoms with Gasteiger partial charge in [0.25, 0.3) is 0 Å². The Morgan fingerprint density at radius 2 is 2.08 bits per heavy atom. The summed E-state index contributed by atoms with van der Waals surface area (Å²) in [6, 6.07) is 0.483. The molecule has 9 heteroatoms. The van der Waals surface area contributed by atoms with Gasteiger partial charge in [-0.2, -0.15) is 9.78 Å². The van der Waals surface area contributed by atoms with Gasteiger partial charge in [0.2, 0.25) is 5.91 Å². The Hall–Kier alpha value is -2.71. The summed E-state index contributed by atoms with van der Waals surface area (Å²) >= 11 is 0. The Bertz CT molecular complexity index is 763. The van der Waals surface area contributed by atoms with E-state index in [1.165, 1.54) is 10.7 Å². The molecule has 0 fully saturated rings. The summed E-state index contributed by atoms with van der Waals surface area (Å²) in [5, 5.41) is 21.9. The van der Waals surface area contributed by atoms with Crippen molar-refractivity contribution in [2.24, 2.45) is 0 Å². The summed E-state index contributed by atoms with van der Waals surface area (Å²) in [7, 11) is 0. The Kier molecular flexibility index (Phi) is 5.01. The van der Waals surface area contributed by atoms with E-state index >= 15 is 0 Å². The summed E-state index contributed by atoms with van der Waals surface area (Å²) < 4.78 is 3.23. The summed E-state index contributed by atoms with van der Waals surface area (Å²) in [5.74, 6) is -0.521. The fourth-order valence-electron chi connectivity index (χ4n) is 2.68. The first-order valence-corrected chi connectivity index (χ1v) is 7.79. The van der Waals surface area contributed by atoms with Crippen LogP contribution in [-0.4, -0.2) is 30.4 Å². The van der Waals surface area contributed by atoms with Gasteiger partial charge in [-0.05, 0) is 39.5 Å². The smallest absolute Gasteiger partial charge is 0.358 e. The first-order chi connectivity index (χ1) is 11.3. The van der Waals surface area contributed by atoms with Gasteiger partial charge in [-0.1, -0.05) is 0 Å². The number of nitro groups is 1. The lowest BCUT2D eigenvalue weighted by molar-refractivity contribution is -0.389. The van der Waals surface area contributed by atoms with Crippen molar-refractivity contribution in [2.45, 2.75) is 53.2 Å². The third-order valence-corrected chi connectivity index (χ3v) is 4.11. The van der Waals surface area contributed by atoms with Gasteiger partial charge in [0.05, 0.1) is 29.1 Å². The van der Waals surface area contributed by atoms with Crippen molar-refractivity contribution < 1.29 is 9.72 Å². The zero-order valence-corrected chi connectivity index (χ0v) is 14.5. The van der Waals surface area contributed by atoms with E-state index in [0.29, 0.717) is 5.69 Å². The van der Waals surface area contributed by atoms with E-state index in [4.69, 9.17) is 0 Å². The molecule has 2 atom stereocenters. The maximum atomic E-state index is 12.5. The molecule has 1 N–H and O–H groups in total. The molecule has 0 aromatic carbocycles. The quantitative estimate of drug-likeness (QED) is 0.642. The lowest BCUT2D eigenvalue weighted by atomic mass is 10.1. The first-order valence-electron chi connectivity index (χ1n) is 7.79. The van der Waals surface area contributed by atoms with E-state index in [0.717, 1.165) is 17.8 Å². The van der Waals surface area contributed by atoms with Gasteiger partial charge in [-0.15, -0.1) is 0 Å². The number of rotatable bonds is 6. The molecular formula is C15H22N6O3. The van der Waals surface area contributed by atoms with Gasteiger partial charge in [0, 0.05) is 17.8 Å². The fourth-order valence-corrected chi connectivity index (χ4v) is 2.68. The molecule has 24 heavy (non-hydrogen) atoms. The maximum Gasteiger partial charge on any atom is 0.390 e. The average molecular weight is 334 g/mol. The van der Waals surface area contributed by atoms with Crippen molar-refractivity contribution in [1.82, 2.24) is 24.9 Å². The molecule has 2 heterocycles. The minimum absolute atomic E-state index is 0.217. The van der Waals surface area contributed by atoms with Gasteiger partial charge in [0.1, 0.15) is 6.04 Å². The first kappa shape index (κ1) is 17.6. The highest BCUT2D eigenvalue weighted by Gasteiger charge is 2.26. The Morgan fingerprint density at radius 1 is 1.42 bits per heavy atom. The van der Waals surface area contributed by atoms with Crippen LogP contribution in [0.4, 0.5) is 5.82 Å². The third kappa shape index (κ3) is 3.29. The zero-order valence-electron chi connectivity index (χ0n) is 14.5. The normalized spacial score (nSPS) is 13.5. The van der Waals surface area contributed by atoms with Crippen LogP contribution in [0.1, 0.15) is 49.8 Å². The molecule has 2 aromatic heterocycles. The summed E-state index contributed by atoms with van der Waals surface area (Å²) in [5.41, 5.74) is 2.51. The van der Waals surface area contributed by atoms with Crippen LogP contribution in [0.2, 0.25) is 0 Å². The third-order valence-electron chi connectivity index (χ3n) is 4.11. The van der Waals surface area contributed by atoms with Gasteiger partial charge >= 0.3 is 5.82 Å². The van der Waals surface area contributed by atoms with E-state index in [-0.39, 0.29) is 17.8 Å². The van der Waals surface area contributed by atoms with E-state index in [2.05, 4.69) is 15.5 Å². The Morgan fingerprint density at radius 3 is 2.58 bits per heavy atom. The van der Waals surface area contributed by atoms with Crippen molar-refractivity contribution >= 4 is 11.7 Å². The minimum atomic E-state index is -0.650. The van der Waals surface area contributed by atoms with Gasteiger partial charge in [-0.25, -0.2) is 0 Å². The molecule has 130 valence electrons. The van der Waals surface area contributed by atoms with Gasteiger partial charge < -0.3 is 15.4 Å². The van der Waals surface area contributed by atoms with Crippen molar-refractivity contribution in [3.05, 3.63) is 39.3 Å². The van der Waals surface area contributed by atoms with Crippen LogP contribution in [-0.2, 0) is 11.3 Å². The van der Waals surface area contributed by atoms with Crippen LogP contribution in [0.25, 0.3) is 0 Å². The van der Waals surface area contributed by atoms with E-state index in [1.54, 1.807) is 20.0 Å². The molecule has 0 saturated carbocycles. The highest BCUT2D eigenvalue weighted by molar-refractivity contribution is 5.80. The van der Waals surface area contributed by atoms with E-state index in [1.807, 2.05) is 25.5 Å². The van der Waals surface area contributed by atoms with Crippen LogP contribution >= 0.6 is 0 Å². The molecule has 0 saturated heterocycles. The number of nitrogens with one attached hydrogen (secondary N) is 1. The zero-order chi connectivity index (χ0) is 18.0. The molecule has 2 aromatic rings. The highest BCUT2D eigenvalue weighted by Crippen LogP contribution is 2.20. The van der Waals surface area contributed by atoms with Crippen LogP contribution in [0.15, 0.2) is 12.3 Å². The molecule has 0 bridgehead atoms. The SMILES string of the molecule is CCn1ncc(C(C)NC(=O)C(C)n2nc([N+](=O)[O-])cc2C)c1C. The van der Waals surface area contributed by atoms with Crippen molar-refractivity contribution in [1.29, 1.82) is 0 Å². The lowest BCUT2D eigenvalue weighted by Gasteiger charge is -2.17. The second kappa shape index (κ2) is 6.81. The van der Waals surface area contributed by atoms with Crippen LogP contribution < -0.4 is 5.32 Å². The molecule has 2 unspecified atom stereocenters. The van der Waals surface area contributed by atoms with E-state index in [9.17, 15) is 14.9 Å². The monoisotopic (exact) mass is 334 g/mol. The second-order valence-corrected chi connectivity index (χ2v) is 5.75. The van der Waals surface area contributed by atoms with E-state index < -0.39 is 11.0 Å². The lowest BCUT2D eigenvalue weighted by Crippen LogP contribution is -2.34. The number of amides is 1. The number of nitrogens with zero attached hydrogens (tertiary/aromatic N) is 5. The number of aryl methyl sites for hydroxylation is 2. The molecule has 0 aliphatic heterocycles. The van der Waals surface area contributed by atoms with Crippen LogP contribution in [0, 0.1) is 24.0 Å². The summed E-state index contributed by atoms with van der Waals surface area (Å²) in [6.07, 6.45) is 1.75. The number of carbonyl (C=O) groups is 1. The van der Waals surface area contributed by atoms with Crippen molar-refractivity contribution in [3.63, 3.8) is 0 Å². The van der Waals surface area contributed by atoms with Gasteiger partial charge in [-0.3, -0.25) is 9.48 Å². The second-order valence-electron chi connectivity index (χ2n) is 5.75. The van der Waals surface area contributed by atoms with Gasteiger partial charge in [0.15, 0.2) is 0 Å². The summed E-state index contributed by atoms with van der Waals surface area (Å²) in [4.78, 5) is 22.7. The van der Waals surface area contributed by atoms with Crippen molar-refractivity contribution in [2.75, 3.05) is 0 Å². The molecular weight excluding hydrogens is 312 g/mol. The highest BCUT2D eigenvalue weighted by atomic mass is 16.6. The van der Waals surface area contributed by atoms with Crippen molar-refractivity contribution in [3.8, 4) is 0 Å². The predicted molar refractivity (Wildman–Crippen MR) is 87.5 cm³/mol. The maximum absolute atomic E-state index is 12.5. The molecule has 0 radical (unpaired) electrons. The Labute approximate surface area is 139 Å². The molecule has 0 aliphatic rings. The standard InChI is InChI=1S/C15H22N6O3/c1-6-19-11(4)13(8-16-19)10(3)17-15(22)12(5)20-9(2)7-14(18-20)21(23)24/h7-8,10,12H,6H2,1-5H3,(H,17,22). The predicted octanol–water partition coefficient (Wildman–Crippen LogP) is 2.06. The minimum Gasteiger partial charge on any atom is -0.358 e. The fraction of sp³-hybridized carbons (Fsp3) is 0.533. The summed E-state index contributed by atoms with van der Waals surface area (Å²) in [6.45, 7) is 9.95. The molecule has 0 spiro atoms. The largest absolute Gasteiger partial charge is 0.390 e. The van der Waals surface area contributed by atoms with Crippen LogP contribution in [0.3, 0.4) is 0 Å².